The second kappa shape index (κ2) is 9.97. The molecule has 25 heavy (non-hydrogen) atoms. The van der Waals surface area contributed by atoms with E-state index in [0.717, 1.165) is 31.0 Å². The molecule has 0 spiro atoms. The Labute approximate surface area is 154 Å². The Kier molecular flexibility index (Phi) is 7.64. The zero-order valence-electron chi connectivity index (χ0n) is 14.5. The number of rotatable bonds is 9. The molecule has 0 radical (unpaired) electrons. The van der Waals surface area contributed by atoms with Gasteiger partial charge in [0.05, 0.1) is 6.61 Å². The second-order valence-corrected chi connectivity index (χ2v) is 5.59. The first-order valence-electron chi connectivity index (χ1n) is 8.49. The van der Waals surface area contributed by atoms with Crippen molar-refractivity contribution in [2.24, 2.45) is 0 Å². The molecule has 2 aromatic carbocycles. The number of fused-ring (bicyclic) bond motifs is 1. The Balaban J connectivity index is 0.00000225. The van der Waals surface area contributed by atoms with Crippen molar-refractivity contribution < 1.29 is 9.47 Å². The highest BCUT2D eigenvalue weighted by atomic mass is 35.5. The van der Waals surface area contributed by atoms with Gasteiger partial charge in [-0.05, 0) is 43.7 Å². The summed E-state index contributed by atoms with van der Waals surface area (Å²) in [4.78, 5) is 3.31. The van der Waals surface area contributed by atoms with Crippen LogP contribution in [0.4, 0.5) is 0 Å². The van der Waals surface area contributed by atoms with E-state index < -0.39 is 0 Å². The normalized spacial score (nSPS) is 10.4. The maximum Gasteiger partial charge on any atom is 0.161 e. The second-order valence-electron chi connectivity index (χ2n) is 5.59. The van der Waals surface area contributed by atoms with E-state index in [0.29, 0.717) is 13.2 Å². The van der Waals surface area contributed by atoms with Crippen LogP contribution >= 0.6 is 12.4 Å². The zero-order chi connectivity index (χ0) is 16.6. The summed E-state index contributed by atoms with van der Waals surface area (Å²) in [5.74, 6) is 1.61. The Morgan fingerprint density at radius 1 is 0.920 bits per heavy atom. The minimum atomic E-state index is 0. The number of aromatic amines is 1. The van der Waals surface area contributed by atoms with Gasteiger partial charge in [0.2, 0.25) is 0 Å². The Morgan fingerprint density at radius 2 is 1.64 bits per heavy atom. The van der Waals surface area contributed by atoms with E-state index in [1.54, 1.807) is 0 Å². The summed E-state index contributed by atoms with van der Waals surface area (Å²) in [6, 6.07) is 16.2. The molecular weight excluding hydrogens is 336 g/mol. The van der Waals surface area contributed by atoms with E-state index in [1.807, 2.05) is 31.2 Å². The van der Waals surface area contributed by atoms with Gasteiger partial charge < -0.3 is 19.8 Å². The smallest absolute Gasteiger partial charge is 0.161 e. The summed E-state index contributed by atoms with van der Waals surface area (Å²) >= 11 is 0. The molecule has 0 aliphatic rings. The molecule has 4 nitrogen and oxygen atoms in total. The molecule has 2 N–H and O–H groups in total. The summed E-state index contributed by atoms with van der Waals surface area (Å²) in [6.45, 7) is 4.98. The van der Waals surface area contributed by atoms with E-state index in [1.165, 1.54) is 16.5 Å². The molecule has 0 aliphatic carbocycles. The third-order valence-corrected chi connectivity index (χ3v) is 3.93. The number of hydrogen-bond acceptors (Lipinski definition) is 3. The lowest BCUT2D eigenvalue weighted by atomic mass is 10.1. The molecule has 3 aromatic rings. The number of hydrogen-bond donors (Lipinski definition) is 2. The van der Waals surface area contributed by atoms with Crippen LogP contribution in [-0.4, -0.2) is 31.3 Å². The summed E-state index contributed by atoms with van der Waals surface area (Å²) in [5.41, 5.74) is 2.55. The fourth-order valence-electron chi connectivity index (χ4n) is 2.76. The van der Waals surface area contributed by atoms with Gasteiger partial charge in [-0.3, -0.25) is 0 Å². The molecule has 5 heteroatoms. The molecule has 0 saturated heterocycles. The lowest BCUT2D eigenvalue weighted by Gasteiger charge is -2.11. The molecule has 0 unspecified atom stereocenters. The van der Waals surface area contributed by atoms with E-state index in [-0.39, 0.29) is 12.4 Å². The van der Waals surface area contributed by atoms with Gasteiger partial charge >= 0.3 is 0 Å². The van der Waals surface area contributed by atoms with Crippen LogP contribution < -0.4 is 14.8 Å². The molecule has 134 valence electrons. The first-order chi connectivity index (χ1) is 11.9. The highest BCUT2D eigenvalue weighted by Gasteiger charge is 2.04. The number of aromatic nitrogens is 1. The van der Waals surface area contributed by atoms with Gasteiger partial charge in [-0.15, -0.1) is 12.4 Å². The average Bonchev–Trinajstić information content (AvgIpc) is 3.03. The van der Waals surface area contributed by atoms with Crippen molar-refractivity contribution in [2.45, 2.75) is 13.3 Å². The van der Waals surface area contributed by atoms with Crippen molar-refractivity contribution in [3.8, 4) is 11.5 Å². The van der Waals surface area contributed by atoms with E-state index in [4.69, 9.17) is 9.47 Å². The first-order valence-corrected chi connectivity index (χ1v) is 8.49. The summed E-state index contributed by atoms with van der Waals surface area (Å²) in [5, 5.41) is 4.74. The first kappa shape index (κ1) is 19.2. The van der Waals surface area contributed by atoms with E-state index in [2.05, 4.69) is 40.8 Å². The van der Waals surface area contributed by atoms with Crippen molar-refractivity contribution >= 4 is 23.3 Å². The van der Waals surface area contributed by atoms with Gasteiger partial charge in [0.1, 0.15) is 6.61 Å². The molecule has 0 saturated carbocycles. The number of benzene rings is 2. The lowest BCUT2D eigenvalue weighted by molar-refractivity contribution is 0.276. The largest absolute Gasteiger partial charge is 0.490 e. The van der Waals surface area contributed by atoms with Crippen LogP contribution in [0.5, 0.6) is 11.5 Å². The van der Waals surface area contributed by atoms with Crippen LogP contribution in [0.15, 0.2) is 54.7 Å². The quantitative estimate of drug-likeness (QED) is 0.562. The molecule has 3 rings (SSSR count). The monoisotopic (exact) mass is 360 g/mol. The van der Waals surface area contributed by atoms with Gasteiger partial charge in [0.25, 0.3) is 0 Å². The van der Waals surface area contributed by atoms with Crippen LogP contribution in [0.3, 0.4) is 0 Å². The average molecular weight is 361 g/mol. The molecule has 0 fully saturated rings. The summed E-state index contributed by atoms with van der Waals surface area (Å²) in [6.07, 6.45) is 3.10. The molecule has 1 aromatic heterocycles. The molecule has 0 amide bonds. The molecule has 1 heterocycles. The molecule has 0 atom stereocenters. The fourth-order valence-corrected chi connectivity index (χ4v) is 2.76. The maximum atomic E-state index is 5.80. The summed E-state index contributed by atoms with van der Waals surface area (Å²) in [7, 11) is 0. The van der Waals surface area contributed by atoms with Crippen LogP contribution in [0.25, 0.3) is 10.9 Å². The van der Waals surface area contributed by atoms with Crippen LogP contribution in [0, 0.1) is 0 Å². The number of halogens is 1. The standard InChI is InChI=1S/C20H24N2O2.ClH/c1-2-23-19-9-5-6-10-20(19)24-14-13-21-12-11-16-15-22-18-8-4-3-7-17(16)18;/h3-10,15,21-22H,2,11-14H2,1H3;1H. The molecular formula is C20H25ClN2O2. The molecule has 0 bridgehead atoms. The fraction of sp³-hybridized carbons (Fsp3) is 0.300. The van der Waals surface area contributed by atoms with Crippen LogP contribution in [-0.2, 0) is 6.42 Å². The van der Waals surface area contributed by atoms with Crippen molar-refractivity contribution in [1.82, 2.24) is 10.3 Å². The summed E-state index contributed by atoms with van der Waals surface area (Å²) < 4.78 is 11.4. The van der Waals surface area contributed by atoms with Gasteiger partial charge in [0.15, 0.2) is 11.5 Å². The van der Waals surface area contributed by atoms with Crippen molar-refractivity contribution in [1.29, 1.82) is 0 Å². The predicted octanol–water partition coefficient (Wildman–Crippen LogP) is 4.20. The third-order valence-electron chi connectivity index (χ3n) is 3.93. The van der Waals surface area contributed by atoms with Crippen molar-refractivity contribution in [3.63, 3.8) is 0 Å². The maximum absolute atomic E-state index is 5.80. The Hall–Kier alpha value is -2.17. The van der Waals surface area contributed by atoms with E-state index >= 15 is 0 Å². The van der Waals surface area contributed by atoms with Gasteiger partial charge in [0, 0.05) is 23.6 Å². The van der Waals surface area contributed by atoms with Crippen LogP contribution in [0.2, 0.25) is 0 Å². The Morgan fingerprint density at radius 3 is 2.44 bits per heavy atom. The highest BCUT2D eigenvalue weighted by molar-refractivity contribution is 5.85. The number of H-pyrrole nitrogens is 1. The zero-order valence-corrected chi connectivity index (χ0v) is 15.3. The van der Waals surface area contributed by atoms with Crippen molar-refractivity contribution in [3.05, 3.63) is 60.3 Å². The minimum Gasteiger partial charge on any atom is -0.490 e. The number of para-hydroxylation sites is 3. The van der Waals surface area contributed by atoms with Crippen LogP contribution in [0.1, 0.15) is 12.5 Å². The lowest BCUT2D eigenvalue weighted by Crippen LogP contribution is -2.23. The predicted molar refractivity (Wildman–Crippen MR) is 105 cm³/mol. The molecule has 0 aliphatic heterocycles. The topological polar surface area (TPSA) is 46.3 Å². The van der Waals surface area contributed by atoms with Gasteiger partial charge in [-0.25, -0.2) is 0 Å². The van der Waals surface area contributed by atoms with Crippen molar-refractivity contribution in [2.75, 3.05) is 26.3 Å². The SMILES string of the molecule is CCOc1ccccc1OCCNCCc1c[nH]c2ccccc12.Cl. The highest BCUT2D eigenvalue weighted by Crippen LogP contribution is 2.26. The third kappa shape index (κ3) is 5.15. The van der Waals surface area contributed by atoms with Gasteiger partial charge in [-0.1, -0.05) is 30.3 Å². The number of ether oxygens (including phenoxy) is 2. The minimum absolute atomic E-state index is 0. The van der Waals surface area contributed by atoms with E-state index in [9.17, 15) is 0 Å². The Bertz CT molecular complexity index is 773. The van der Waals surface area contributed by atoms with Gasteiger partial charge in [-0.2, -0.15) is 0 Å². The number of nitrogens with one attached hydrogen (secondary N) is 2.